The van der Waals surface area contributed by atoms with E-state index in [0.29, 0.717) is 17.9 Å². The monoisotopic (exact) mass is 327 g/mol. The molecule has 3 unspecified atom stereocenters. The van der Waals surface area contributed by atoms with Crippen LogP contribution >= 0.6 is 0 Å². The third kappa shape index (κ3) is 2.32. The van der Waals surface area contributed by atoms with Gasteiger partial charge in [0.15, 0.2) is 0 Å². The maximum absolute atomic E-state index is 5.44. The summed E-state index contributed by atoms with van der Waals surface area (Å²) in [4.78, 5) is 0. The molecule has 3 aromatic rings. The lowest BCUT2D eigenvalue weighted by atomic mass is 9.77. The molecule has 0 radical (unpaired) electrons. The second-order valence-electron chi connectivity index (χ2n) is 7.04. The summed E-state index contributed by atoms with van der Waals surface area (Å²) in [5, 5.41) is 6.41. The van der Waals surface area contributed by atoms with Crippen LogP contribution in [0, 0.1) is 5.92 Å². The van der Waals surface area contributed by atoms with Gasteiger partial charge in [0.1, 0.15) is 5.75 Å². The predicted molar refractivity (Wildman–Crippen MR) is 103 cm³/mol. The van der Waals surface area contributed by atoms with Gasteiger partial charge in [-0.25, -0.2) is 0 Å². The predicted octanol–water partition coefficient (Wildman–Crippen LogP) is 5.67. The maximum atomic E-state index is 5.44. The summed E-state index contributed by atoms with van der Waals surface area (Å²) in [6.45, 7) is 0. The summed E-state index contributed by atoms with van der Waals surface area (Å²) in [5.41, 5.74) is 3.96. The lowest BCUT2D eigenvalue weighted by Crippen LogP contribution is -2.29. The number of methoxy groups -OCH3 is 1. The van der Waals surface area contributed by atoms with Gasteiger partial charge in [0, 0.05) is 11.6 Å². The fourth-order valence-electron chi connectivity index (χ4n) is 4.43. The molecule has 1 aliphatic heterocycles. The maximum Gasteiger partial charge on any atom is 0.119 e. The van der Waals surface area contributed by atoms with Crippen molar-refractivity contribution >= 4 is 16.5 Å². The van der Waals surface area contributed by atoms with Crippen LogP contribution in [0.3, 0.4) is 0 Å². The minimum absolute atomic E-state index is 0.338. The zero-order valence-corrected chi connectivity index (χ0v) is 14.3. The molecule has 2 aliphatic rings. The summed E-state index contributed by atoms with van der Waals surface area (Å²) < 4.78 is 5.44. The topological polar surface area (TPSA) is 21.3 Å². The first kappa shape index (κ1) is 14.6. The number of anilines is 1. The van der Waals surface area contributed by atoms with E-state index in [9.17, 15) is 0 Å². The van der Waals surface area contributed by atoms with Gasteiger partial charge in [-0.3, -0.25) is 0 Å². The van der Waals surface area contributed by atoms with Crippen LogP contribution in [0.5, 0.6) is 5.75 Å². The molecule has 3 aromatic carbocycles. The molecule has 25 heavy (non-hydrogen) atoms. The van der Waals surface area contributed by atoms with Crippen molar-refractivity contribution in [3.05, 3.63) is 83.9 Å². The highest BCUT2D eigenvalue weighted by atomic mass is 16.5. The molecule has 0 saturated carbocycles. The van der Waals surface area contributed by atoms with E-state index in [2.05, 4.69) is 72.1 Å². The van der Waals surface area contributed by atoms with E-state index in [1.54, 1.807) is 7.11 Å². The highest BCUT2D eigenvalue weighted by molar-refractivity contribution is 5.83. The Morgan fingerprint density at radius 2 is 1.84 bits per heavy atom. The van der Waals surface area contributed by atoms with Crippen LogP contribution in [-0.2, 0) is 0 Å². The Hall–Kier alpha value is -2.74. The van der Waals surface area contributed by atoms with Crippen molar-refractivity contribution in [2.45, 2.75) is 18.4 Å². The van der Waals surface area contributed by atoms with Crippen LogP contribution in [-0.4, -0.2) is 7.11 Å². The summed E-state index contributed by atoms with van der Waals surface area (Å²) >= 11 is 0. The number of ether oxygens (including phenoxy) is 1. The normalized spacial score (nSPS) is 23.8. The zero-order valence-electron chi connectivity index (χ0n) is 14.3. The first-order valence-electron chi connectivity index (χ1n) is 8.93. The highest BCUT2D eigenvalue weighted by Crippen LogP contribution is 2.50. The Labute approximate surface area is 148 Å². The zero-order chi connectivity index (χ0) is 16.8. The molecule has 5 rings (SSSR count). The number of fused-ring (bicyclic) bond motifs is 4. The average Bonchev–Trinajstić information content (AvgIpc) is 3.16. The van der Waals surface area contributed by atoms with Gasteiger partial charge in [0.25, 0.3) is 0 Å². The van der Waals surface area contributed by atoms with Gasteiger partial charge in [-0.15, -0.1) is 0 Å². The minimum Gasteiger partial charge on any atom is -0.497 e. The number of nitrogens with one attached hydrogen (secondary N) is 1. The number of benzene rings is 3. The molecule has 0 spiro atoms. The Kier molecular flexibility index (Phi) is 3.30. The van der Waals surface area contributed by atoms with Crippen LogP contribution < -0.4 is 10.1 Å². The largest absolute Gasteiger partial charge is 0.497 e. The quantitative estimate of drug-likeness (QED) is 0.612. The molecular formula is C23H21NO. The van der Waals surface area contributed by atoms with Crippen molar-refractivity contribution in [3.8, 4) is 5.75 Å². The Bertz CT molecular complexity index is 975. The Morgan fingerprint density at radius 3 is 2.72 bits per heavy atom. The molecule has 0 fully saturated rings. The molecule has 0 aromatic heterocycles. The molecule has 1 N–H and O–H groups in total. The lowest BCUT2D eigenvalue weighted by molar-refractivity contribution is 0.405. The van der Waals surface area contributed by atoms with Crippen LogP contribution in [0.15, 0.2) is 72.8 Å². The van der Waals surface area contributed by atoms with Crippen LogP contribution in [0.1, 0.15) is 29.5 Å². The number of hydrogen-bond acceptors (Lipinski definition) is 2. The van der Waals surface area contributed by atoms with Gasteiger partial charge >= 0.3 is 0 Å². The fraction of sp³-hybridized carbons (Fsp3) is 0.217. The Morgan fingerprint density at radius 1 is 0.960 bits per heavy atom. The second kappa shape index (κ2) is 5.66. The Balaban J connectivity index is 1.59. The summed E-state index contributed by atoms with van der Waals surface area (Å²) in [7, 11) is 1.73. The van der Waals surface area contributed by atoms with E-state index in [0.717, 1.165) is 12.2 Å². The van der Waals surface area contributed by atoms with Crippen molar-refractivity contribution < 1.29 is 4.74 Å². The van der Waals surface area contributed by atoms with E-state index in [4.69, 9.17) is 4.74 Å². The SMILES string of the molecule is COc1ccc2c(c1)C1C=CCC1C(c1ccc3ccccc3c1)N2. The summed E-state index contributed by atoms with van der Waals surface area (Å²) in [6, 6.07) is 22.2. The standard InChI is InChI=1S/C23H21NO/c1-25-18-11-12-22-21(14-18)19-7-4-8-20(19)23(24-22)17-10-9-15-5-2-3-6-16(15)13-17/h2-7,9-14,19-20,23-24H,8H2,1H3. The molecule has 3 atom stereocenters. The molecule has 1 aliphatic carbocycles. The van der Waals surface area contributed by atoms with Gasteiger partial charge in [0.2, 0.25) is 0 Å². The first-order valence-corrected chi connectivity index (χ1v) is 8.93. The van der Waals surface area contributed by atoms with Crippen LogP contribution in [0.2, 0.25) is 0 Å². The molecule has 2 nitrogen and oxygen atoms in total. The fourth-order valence-corrected chi connectivity index (χ4v) is 4.43. The van der Waals surface area contributed by atoms with E-state index in [-0.39, 0.29) is 0 Å². The molecule has 0 saturated heterocycles. The van der Waals surface area contributed by atoms with Gasteiger partial charge < -0.3 is 10.1 Å². The van der Waals surface area contributed by atoms with Crippen molar-refractivity contribution in [3.63, 3.8) is 0 Å². The van der Waals surface area contributed by atoms with E-state index in [1.165, 1.54) is 27.6 Å². The minimum atomic E-state index is 0.338. The molecule has 1 heterocycles. The van der Waals surface area contributed by atoms with E-state index < -0.39 is 0 Å². The first-order chi connectivity index (χ1) is 12.3. The number of allylic oxidation sites excluding steroid dienone is 2. The van der Waals surface area contributed by atoms with Crippen LogP contribution in [0.4, 0.5) is 5.69 Å². The van der Waals surface area contributed by atoms with Gasteiger partial charge in [0.05, 0.1) is 13.2 Å². The van der Waals surface area contributed by atoms with E-state index in [1.807, 2.05) is 6.07 Å². The summed E-state index contributed by atoms with van der Waals surface area (Å²) in [6.07, 6.45) is 5.82. The van der Waals surface area contributed by atoms with Gasteiger partial charge in [-0.05, 0) is 58.5 Å². The molecule has 2 heteroatoms. The molecule has 0 bridgehead atoms. The summed E-state index contributed by atoms with van der Waals surface area (Å²) in [5.74, 6) is 1.95. The van der Waals surface area contributed by atoms with Crippen molar-refractivity contribution in [1.82, 2.24) is 0 Å². The number of rotatable bonds is 2. The third-order valence-corrected chi connectivity index (χ3v) is 5.70. The van der Waals surface area contributed by atoms with Gasteiger partial charge in [-0.1, -0.05) is 48.6 Å². The average molecular weight is 327 g/mol. The lowest BCUT2D eigenvalue weighted by Gasteiger charge is -2.37. The van der Waals surface area contributed by atoms with E-state index >= 15 is 0 Å². The van der Waals surface area contributed by atoms with Crippen LogP contribution in [0.25, 0.3) is 10.8 Å². The third-order valence-electron chi connectivity index (χ3n) is 5.70. The molecule has 124 valence electrons. The molecule has 0 amide bonds. The molecular weight excluding hydrogens is 306 g/mol. The number of hydrogen-bond donors (Lipinski definition) is 1. The second-order valence-corrected chi connectivity index (χ2v) is 7.04. The highest BCUT2D eigenvalue weighted by Gasteiger charge is 2.38. The van der Waals surface area contributed by atoms with Crippen molar-refractivity contribution in [1.29, 1.82) is 0 Å². The van der Waals surface area contributed by atoms with Crippen molar-refractivity contribution in [2.24, 2.45) is 5.92 Å². The van der Waals surface area contributed by atoms with Crippen molar-refractivity contribution in [2.75, 3.05) is 12.4 Å². The van der Waals surface area contributed by atoms with Gasteiger partial charge in [-0.2, -0.15) is 0 Å². The smallest absolute Gasteiger partial charge is 0.119 e.